The van der Waals surface area contributed by atoms with Crippen molar-refractivity contribution in [2.45, 2.75) is 57.9 Å². The number of piperidine rings is 1. The molecule has 1 N–H and O–H groups in total. The van der Waals surface area contributed by atoms with Crippen molar-refractivity contribution in [3.8, 4) is 5.75 Å². The average molecular weight is 445 g/mol. The Labute approximate surface area is 185 Å². The number of benzene rings is 2. The van der Waals surface area contributed by atoms with Gasteiger partial charge in [0.25, 0.3) is 5.91 Å². The number of nitrogens with zero attached hydrogens (tertiary/aromatic N) is 1. The van der Waals surface area contributed by atoms with Crippen LogP contribution in [-0.4, -0.2) is 38.8 Å². The highest BCUT2D eigenvalue weighted by atomic mass is 32.2. The topological polar surface area (TPSA) is 75.7 Å². The second-order valence-electron chi connectivity index (χ2n) is 8.32. The number of ether oxygens (including phenoxy) is 1. The quantitative estimate of drug-likeness (QED) is 0.721. The van der Waals surface area contributed by atoms with Crippen molar-refractivity contribution in [1.29, 1.82) is 0 Å². The molecule has 1 amide bonds. The number of sulfonamides is 1. The number of carbonyl (C=O) groups excluding carboxylic acids is 1. The lowest BCUT2D eigenvalue weighted by atomic mass is 9.96. The first kappa shape index (κ1) is 23.3. The second kappa shape index (κ2) is 9.40. The van der Waals surface area contributed by atoms with E-state index in [4.69, 9.17) is 4.74 Å². The van der Waals surface area contributed by atoms with Crippen LogP contribution in [0.5, 0.6) is 5.75 Å². The van der Waals surface area contributed by atoms with Gasteiger partial charge in [0.05, 0.1) is 13.2 Å². The second-order valence-corrected chi connectivity index (χ2v) is 10.2. The monoisotopic (exact) mass is 444 g/mol. The van der Waals surface area contributed by atoms with E-state index in [9.17, 15) is 13.2 Å². The van der Waals surface area contributed by atoms with Crippen molar-refractivity contribution in [3.05, 3.63) is 58.1 Å². The van der Waals surface area contributed by atoms with E-state index in [1.54, 1.807) is 12.1 Å². The van der Waals surface area contributed by atoms with E-state index in [0.29, 0.717) is 18.7 Å². The fraction of sp³-hybridized carbons (Fsp3) is 0.458. The molecule has 7 heteroatoms. The first-order valence-corrected chi connectivity index (χ1v) is 12.2. The summed E-state index contributed by atoms with van der Waals surface area (Å²) in [6.07, 6.45) is 2.71. The predicted octanol–water partition coefficient (Wildman–Crippen LogP) is 4.29. The van der Waals surface area contributed by atoms with Gasteiger partial charge in [-0.05, 0) is 81.0 Å². The molecule has 1 saturated heterocycles. The zero-order chi connectivity index (χ0) is 22.8. The van der Waals surface area contributed by atoms with Crippen LogP contribution in [0, 0.1) is 20.8 Å². The first-order valence-electron chi connectivity index (χ1n) is 10.7. The highest BCUT2D eigenvalue weighted by Gasteiger charge is 2.30. The number of aryl methyl sites for hydroxylation is 3. The molecule has 0 aliphatic carbocycles. The summed E-state index contributed by atoms with van der Waals surface area (Å²) in [7, 11) is -2.29. The molecule has 0 spiro atoms. The normalized spacial score (nSPS) is 16.0. The molecule has 0 saturated carbocycles. The average Bonchev–Trinajstić information content (AvgIpc) is 2.76. The SMILES string of the molecule is COc1ccc(C(=O)N[C@H](C)c2cc(C)c(C)cc2C)cc1S(=O)(=O)N1CCCCC1. The molecule has 2 aromatic rings. The summed E-state index contributed by atoms with van der Waals surface area (Å²) in [5.41, 5.74) is 4.83. The fourth-order valence-corrected chi connectivity index (χ4v) is 5.77. The van der Waals surface area contributed by atoms with Crippen LogP contribution >= 0.6 is 0 Å². The number of carbonyl (C=O) groups is 1. The fourth-order valence-electron chi connectivity index (χ4n) is 4.07. The molecule has 2 aromatic carbocycles. The summed E-state index contributed by atoms with van der Waals surface area (Å²) >= 11 is 0. The highest BCUT2D eigenvalue weighted by Crippen LogP contribution is 2.30. The molecule has 6 nitrogen and oxygen atoms in total. The van der Waals surface area contributed by atoms with Crippen molar-refractivity contribution >= 4 is 15.9 Å². The number of methoxy groups -OCH3 is 1. The molecule has 0 radical (unpaired) electrons. The van der Waals surface area contributed by atoms with Crippen LogP contribution in [-0.2, 0) is 10.0 Å². The Hall–Kier alpha value is -2.38. The van der Waals surface area contributed by atoms with E-state index < -0.39 is 10.0 Å². The summed E-state index contributed by atoms with van der Waals surface area (Å²) < 4.78 is 33.2. The summed E-state index contributed by atoms with van der Waals surface area (Å²) in [5, 5.41) is 3.01. The van der Waals surface area contributed by atoms with E-state index in [1.807, 2.05) is 20.8 Å². The third-order valence-electron chi connectivity index (χ3n) is 6.06. The molecule has 0 aromatic heterocycles. The van der Waals surface area contributed by atoms with Crippen LogP contribution in [0.2, 0.25) is 0 Å². The Morgan fingerprint density at radius 2 is 1.65 bits per heavy atom. The molecule has 168 valence electrons. The van der Waals surface area contributed by atoms with E-state index in [1.165, 1.54) is 28.6 Å². The van der Waals surface area contributed by atoms with Gasteiger partial charge in [-0.25, -0.2) is 8.42 Å². The van der Waals surface area contributed by atoms with Gasteiger partial charge in [-0.1, -0.05) is 18.6 Å². The standard InChI is InChI=1S/C24H32N2O4S/c1-16-13-18(3)21(14-17(16)2)19(4)25-24(27)20-9-10-22(30-5)23(15-20)31(28,29)26-11-7-6-8-12-26/h9-10,13-15,19H,6-8,11-12H2,1-5H3,(H,25,27)/t19-/m1/s1. The van der Waals surface area contributed by atoms with Gasteiger partial charge in [0.15, 0.2) is 0 Å². The van der Waals surface area contributed by atoms with Crippen molar-refractivity contribution < 1.29 is 17.9 Å². The Morgan fingerprint density at radius 3 is 2.29 bits per heavy atom. The Balaban J connectivity index is 1.88. The van der Waals surface area contributed by atoms with Crippen molar-refractivity contribution in [2.24, 2.45) is 0 Å². The van der Waals surface area contributed by atoms with E-state index >= 15 is 0 Å². The molecule has 1 aliphatic rings. The molecule has 0 bridgehead atoms. The minimum atomic E-state index is -3.73. The van der Waals surface area contributed by atoms with Gasteiger partial charge >= 0.3 is 0 Å². The zero-order valence-corrected chi connectivity index (χ0v) is 19.8. The smallest absolute Gasteiger partial charge is 0.251 e. The van der Waals surface area contributed by atoms with Gasteiger partial charge in [-0.2, -0.15) is 4.31 Å². The summed E-state index contributed by atoms with van der Waals surface area (Å²) in [6, 6.07) is 8.58. The lowest BCUT2D eigenvalue weighted by Crippen LogP contribution is -2.36. The molecule has 3 rings (SSSR count). The maximum atomic E-state index is 13.2. The molecule has 1 fully saturated rings. The molecule has 0 unspecified atom stereocenters. The Kier molecular flexibility index (Phi) is 7.06. The van der Waals surface area contributed by atoms with Gasteiger partial charge in [-0.3, -0.25) is 4.79 Å². The maximum absolute atomic E-state index is 13.2. The van der Waals surface area contributed by atoms with Crippen molar-refractivity contribution in [2.75, 3.05) is 20.2 Å². The third-order valence-corrected chi connectivity index (χ3v) is 7.97. The Morgan fingerprint density at radius 1 is 1.00 bits per heavy atom. The molecule has 1 heterocycles. The number of hydrogen-bond acceptors (Lipinski definition) is 4. The van der Waals surface area contributed by atoms with E-state index in [-0.39, 0.29) is 22.6 Å². The minimum absolute atomic E-state index is 0.0413. The molecule has 31 heavy (non-hydrogen) atoms. The highest BCUT2D eigenvalue weighted by molar-refractivity contribution is 7.89. The molecular formula is C24H32N2O4S. The Bertz CT molecular complexity index is 1070. The zero-order valence-electron chi connectivity index (χ0n) is 19.0. The van der Waals surface area contributed by atoms with Crippen LogP contribution in [0.3, 0.4) is 0 Å². The lowest BCUT2D eigenvalue weighted by Gasteiger charge is -2.26. The van der Waals surface area contributed by atoms with E-state index in [2.05, 4.69) is 24.4 Å². The molecule has 1 atom stereocenters. The number of nitrogens with one attached hydrogen (secondary N) is 1. The van der Waals surface area contributed by atoms with Crippen LogP contribution in [0.1, 0.15) is 64.8 Å². The maximum Gasteiger partial charge on any atom is 0.251 e. The largest absolute Gasteiger partial charge is 0.495 e. The van der Waals surface area contributed by atoms with Gasteiger partial charge in [0.1, 0.15) is 10.6 Å². The van der Waals surface area contributed by atoms with Crippen LogP contribution < -0.4 is 10.1 Å². The number of rotatable bonds is 6. The van der Waals surface area contributed by atoms with Crippen LogP contribution in [0.4, 0.5) is 0 Å². The van der Waals surface area contributed by atoms with Crippen molar-refractivity contribution in [3.63, 3.8) is 0 Å². The lowest BCUT2D eigenvalue weighted by molar-refractivity contribution is 0.0939. The van der Waals surface area contributed by atoms with Crippen LogP contribution in [0.25, 0.3) is 0 Å². The number of amides is 1. The summed E-state index contributed by atoms with van der Waals surface area (Å²) in [6.45, 7) is 9.06. The van der Waals surface area contributed by atoms with Gasteiger partial charge in [0, 0.05) is 18.7 Å². The van der Waals surface area contributed by atoms with Gasteiger partial charge < -0.3 is 10.1 Å². The van der Waals surface area contributed by atoms with Crippen LogP contribution in [0.15, 0.2) is 35.2 Å². The van der Waals surface area contributed by atoms with Gasteiger partial charge in [-0.15, -0.1) is 0 Å². The summed E-state index contributed by atoms with van der Waals surface area (Å²) in [5.74, 6) is -0.0666. The first-order chi connectivity index (χ1) is 14.6. The molecular weight excluding hydrogens is 412 g/mol. The van der Waals surface area contributed by atoms with Gasteiger partial charge in [0.2, 0.25) is 10.0 Å². The van der Waals surface area contributed by atoms with Crippen molar-refractivity contribution in [1.82, 2.24) is 9.62 Å². The summed E-state index contributed by atoms with van der Waals surface area (Å²) in [4.78, 5) is 13.0. The third kappa shape index (κ3) is 4.93. The van der Waals surface area contributed by atoms with E-state index in [0.717, 1.165) is 30.4 Å². The molecule has 1 aliphatic heterocycles. The number of hydrogen-bond donors (Lipinski definition) is 1. The predicted molar refractivity (Wildman–Crippen MR) is 122 cm³/mol. The minimum Gasteiger partial charge on any atom is -0.495 e.